The molecule has 1 amide bonds. The summed E-state index contributed by atoms with van der Waals surface area (Å²) in [5.74, 6) is -0.471. The van der Waals surface area contributed by atoms with Gasteiger partial charge in [-0.3, -0.25) is 5.32 Å². The molecule has 0 radical (unpaired) electrons. The summed E-state index contributed by atoms with van der Waals surface area (Å²) in [6.45, 7) is 1.56. The Morgan fingerprint density at radius 3 is 2.56 bits per heavy atom. The fourth-order valence-electron chi connectivity index (χ4n) is 1.05. The summed E-state index contributed by atoms with van der Waals surface area (Å²) >= 11 is 0. The number of hydrogen-bond acceptors (Lipinski definition) is 2. The highest BCUT2D eigenvalue weighted by Crippen LogP contribution is 2.27. The predicted octanol–water partition coefficient (Wildman–Crippen LogP) is 2.98. The van der Waals surface area contributed by atoms with Crippen molar-refractivity contribution in [3.05, 3.63) is 23.8 Å². The number of ether oxygens (including phenoxy) is 1. The van der Waals surface area contributed by atoms with Crippen LogP contribution in [0.3, 0.4) is 0 Å². The van der Waals surface area contributed by atoms with Crippen molar-refractivity contribution in [1.29, 1.82) is 0 Å². The lowest BCUT2D eigenvalue weighted by molar-refractivity contribution is -0.274. The molecule has 1 aromatic rings. The smallest absolute Gasteiger partial charge is 0.465 e. The van der Waals surface area contributed by atoms with Gasteiger partial charge in [-0.05, 0) is 18.6 Å². The van der Waals surface area contributed by atoms with E-state index in [4.69, 9.17) is 5.11 Å². The minimum atomic E-state index is -4.80. The maximum absolute atomic E-state index is 11.9. The number of aryl methyl sites for hydroxylation is 1. The van der Waals surface area contributed by atoms with Crippen molar-refractivity contribution >= 4 is 11.8 Å². The molecular weight excluding hydrogens is 227 g/mol. The number of benzene rings is 1. The van der Waals surface area contributed by atoms with Crippen LogP contribution in [0.5, 0.6) is 5.75 Å². The molecule has 4 nitrogen and oxygen atoms in total. The van der Waals surface area contributed by atoms with Crippen LogP contribution >= 0.6 is 0 Å². The predicted molar refractivity (Wildman–Crippen MR) is 49.5 cm³/mol. The number of amides is 1. The van der Waals surface area contributed by atoms with Crippen LogP contribution in [0.25, 0.3) is 0 Å². The molecule has 0 atom stereocenters. The average Bonchev–Trinajstić information content (AvgIpc) is 2.07. The SMILES string of the molecule is Cc1ccc(OC(F)(F)F)cc1NC(=O)O. The third kappa shape index (κ3) is 3.68. The molecule has 0 aliphatic carbocycles. The maximum Gasteiger partial charge on any atom is 0.573 e. The summed E-state index contributed by atoms with van der Waals surface area (Å²) in [6, 6.07) is 3.40. The first kappa shape index (κ1) is 12.2. The molecule has 1 aromatic carbocycles. The fraction of sp³-hybridized carbons (Fsp3) is 0.222. The Morgan fingerprint density at radius 2 is 2.06 bits per heavy atom. The van der Waals surface area contributed by atoms with Crippen molar-refractivity contribution < 1.29 is 27.8 Å². The van der Waals surface area contributed by atoms with Gasteiger partial charge in [-0.25, -0.2) is 4.79 Å². The van der Waals surface area contributed by atoms with E-state index in [0.717, 1.165) is 12.1 Å². The first-order valence-corrected chi connectivity index (χ1v) is 4.14. The molecule has 0 fully saturated rings. The second kappa shape index (κ2) is 4.30. The van der Waals surface area contributed by atoms with Crippen LogP contribution in [0, 0.1) is 6.92 Å². The summed E-state index contributed by atoms with van der Waals surface area (Å²) in [7, 11) is 0. The van der Waals surface area contributed by atoms with Crippen LogP contribution in [-0.2, 0) is 0 Å². The Hall–Kier alpha value is -1.92. The maximum atomic E-state index is 11.9. The van der Waals surface area contributed by atoms with E-state index in [1.807, 2.05) is 5.32 Å². The Morgan fingerprint density at radius 1 is 1.44 bits per heavy atom. The fourth-order valence-corrected chi connectivity index (χ4v) is 1.05. The number of halogens is 3. The van der Waals surface area contributed by atoms with Gasteiger partial charge in [-0.1, -0.05) is 6.07 Å². The van der Waals surface area contributed by atoms with Gasteiger partial charge >= 0.3 is 12.5 Å². The van der Waals surface area contributed by atoms with E-state index in [1.165, 1.54) is 6.07 Å². The van der Waals surface area contributed by atoms with Gasteiger partial charge in [0.1, 0.15) is 5.75 Å². The van der Waals surface area contributed by atoms with Crippen LogP contribution in [0.1, 0.15) is 5.56 Å². The van der Waals surface area contributed by atoms with Crippen LogP contribution in [0.15, 0.2) is 18.2 Å². The summed E-state index contributed by atoms with van der Waals surface area (Å²) in [6.07, 6.45) is -6.15. The highest BCUT2D eigenvalue weighted by atomic mass is 19.4. The van der Waals surface area contributed by atoms with Crippen LogP contribution in [-0.4, -0.2) is 17.6 Å². The third-order valence-corrected chi connectivity index (χ3v) is 1.68. The standard InChI is InChI=1S/C9H8F3NO3/c1-5-2-3-6(16-9(10,11)12)4-7(5)13-8(14)15/h2-4,13H,1H3,(H,14,15). The zero-order valence-corrected chi connectivity index (χ0v) is 8.13. The molecule has 0 spiro atoms. The van der Waals surface area contributed by atoms with Crippen molar-refractivity contribution in [2.45, 2.75) is 13.3 Å². The lowest BCUT2D eigenvalue weighted by Crippen LogP contribution is -2.17. The molecule has 0 unspecified atom stereocenters. The highest BCUT2D eigenvalue weighted by Gasteiger charge is 2.31. The first-order valence-electron chi connectivity index (χ1n) is 4.14. The third-order valence-electron chi connectivity index (χ3n) is 1.68. The minimum Gasteiger partial charge on any atom is -0.465 e. The van der Waals surface area contributed by atoms with Gasteiger partial charge in [-0.2, -0.15) is 0 Å². The molecule has 7 heteroatoms. The highest BCUT2D eigenvalue weighted by molar-refractivity contribution is 5.84. The Bertz CT molecular complexity index is 403. The quantitative estimate of drug-likeness (QED) is 0.828. The Kier molecular flexibility index (Phi) is 3.26. The lowest BCUT2D eigenvalue weighted by Gasteiger charge is -2.11. The van der Waals surface area contributed by atoms with Gasteiger partial charge in [-0.15, -0.1) is 13.2 Å². The molecule has 0 aliphatic heterocycles. The number of rotatable bonds is 2. The largest absolute Gasteiger partial charge is 0.573 e. The van der Waals surface area contributed by atoms with Crippen molar-refractivity contribution in [3.8, 4) is 5.75 Å². The van der Waals surface area contributed by atoms with Crippen LogP contribution in [0.4, 0.5) is 23.7 Å². The van der Waals surface area contributed by atoms with Gasteiger partial charge < -0.3 is 9.84 Å². The van der Waals surface area contributed by atoms with Crippen molar-refractivity contribution in [2.24, 2.45) is 0 Å². The number of alkyl halides is 3. The normalized spacial score (nSPS) is 11.0. The van der Waals surface area contributed by atoms with E-state index >= 15 is 0 Å². The average molecular weight is 235 g/mol. The van der Waals surface area contributed by atoms with Crippen molar-refractivity contribution in [1.82, 2.24) is 0 Å². The molecule has 1 rings (SSSR count). The van der Waals surface area contributed by atoms with Gasteiger partial charge in [0.05, 0.1) is 5.69 Å². The summed E-state index contributed by atoms with van der Waals surface area (Å²) in [4.78, 5) is 10.3. The molecule has 2 N–H and O–H groups in total. The lowest BCUT2D eigenvalue weighted by atomic mass is 10.2. The zero-order valence-electron chi connectivity index (χ0n) is 8.13. The number of anilines is 1. The van der Waals surface area contributed by atoms with E-state index in [0.29, 0.717) is 5.56 Å². The van der Waals surface area contributed by atoms with Gasteiger partial charge in [0.15, 0.2) is 0 Å². The molecule has 0 saturated heterocycles. The number of carboxylic acid groups (broad SMARTS) is 1. The van der Waals surface area contributed by atoms with E-state index in [1.54, 1.807) is 6.92 Å². The van der Waals surface area contributed by atoms with E-state index < -0.39 is 18.2 Å². The monoisotopic (exact) mass is 235 g/mol. The second-order valence-electron chi connectivity index (χ2n) is 2.95. The van der Waals surface area contributed by atoms with Crippen LogP contribution in [0.2, 0.25) is 0 Å². The zero-order chi connectivity index (χ0) is 12.3. The number of nitrogens with one attached hydrogen (secondary N) is 1. The second-order valence-corrected chi connectivity index (χ2v) is 2.95. The van der Waals surface area contributed by atoms with E-state index in [9.17, 15) is 18.0 Å². The minimum absolute atomic E-state index is 0.0502. The summed E-state index contributed by atoms with van der Waals surface area (Å²) in [5, 5.41) is 10.4. The molecule has 0 aliphatic rings. The number of carbonyl (C=O) groups is 1. The van der Waals surface area contributed by atoms with Crippen LogP contribution < -0.4 is 10.1 Å². The summed E-state index contributed by atoms with van der Waals surface area (Å²) < 4.78 is 39.3. The molecule has 0 heterocycles. The molecular formula is C9H8F3NO3. The van der Waals surface area contributed by atoms with E-state index in [2.05, 4.69) is 4.74 Å². The molecule has 0 aromatic heterocycles. The molecule has 16 heavy (non-hydrogen) atoms. The topological polar surface area (TPSA) is 58.6 Å². The van der Waals surface area contributed by atoms with E-state index in [-0.39, 0.29) is 5.69 Å². The van der Waals surface area contributed by atoms with Gasteiger partial charge in [0.2, 0.25) is 0 Å². The Labute approximate surface area is 88.6 Å². The van der Waals surface area contributed by atoms with Crippen molar-refractivity contribution in [3.63, 3.8) is 0 Å². The van der Waals surface area contributed by atoms with Gasteiger partial charge in [0.25, 0.3) is 0 Å². The molecule has 88 valence electrons. The summed E-state index contributed by atoms with van der Waals surface area (Å²) in [5.41, 5.74) is 0.547. The van der Waals surface area contributed by atoms with Crippen molar-refractivity contribution in [2.75, 3.05) is 5.32 Å². The molecule has 0 saturated carbocycles. The molecule has 0 bridgehead atoms. The van der Waals surface area contributed by atoms with Gasteiger partial charge in [0, 0.05) is 6.07 Å². The Balaban J connectivity index is 2.93. The number of hydrogen-bond donors (Lipinski definition) is 2. The first-order chi connectivity index (χ1) is 7.28.